The lowest BCUT2D eigenvalue weighted by molar-refractivity contribution is -0.629. The fourth-order valence-electron chi connectivity index (χ4n) is 4.60. The van der Waals surface area contributed by atoms with Crippen LogP contribution in [0.1, 0.15) is 38.5 Å². The van der Waals surface area contributed by atoms with Crippen LogP contribution in [-0.2, 0) is 4.74 Å². The second-order valence-corrected chi connectivity index (χ2v) is 6.15. The van der Waals surface area contributed by atoms with Crippen molar-refractivity contribution < 1.29 is 10.1 Å². The average molecular weight is 210 g/mol. The molecule has 4 aliphatic rings. The third-order valence-corrected chi connectivity index (χ3v) is 4.80. The van der Waals surface area contributed by atoms with Gasteiger partial charge in [0.05, 0.1) is 25.8 Å². The van der Waals surface area contributed by atoms with Crippen LogP contribution in [0.4, 0.5) is 0 Å². The molecule has 2 nitrogen and oxygen atoms in total. The highest BCUT2D eigenvalue weighted by Crippen LogP contribution is 2.56. The first-order valence-corrected chi connectivity index (χ1v) is 6.71. The van der Waals surface area contributed by atoms with Crippen LogP contribution in [0, 0.1) is 17.8 Å². The highest BCUT2D eigenvalue weighted by atomic mass is 16.5. The monoisotopic (exact) mass is 210 g/mol. The molecule has 86 valence electrons. The largest absolute Gasteiger partial charge is 0.369 e. The van der Waals surface area contributed by atoms with Gasteiger partial charge in [-0.05, 0) is 56.3 Å². The maximum Gasteiger partial charge on any atom is 0.0991 e. The molecule has 0 saturated heterocycles. The summed E-state index contributed by atoms with van der Waals surface area (Å²) in [7, 11) is 2.13. The van der Waals surface area contributed by atoms with Crippen molar-refractivity contribution in [2.45, 2.75) is 44.1 Å². The van der Waals surface area contributed by atoms with Crippen LogP contribution in [0.25, 0.3) is 0 Å². The van der Waals surface area contributed by atoms with Crippen LogP contribution in [0.15, 0.2) is 0 Å². The predicted molar refractivity (Wildman–Crippen MR) is 59.6 cm³/mol. The minimum Gasteiger partial charge on any atom is -0.369 e. The molecule has 4 fully saturated rings. The summed E-state index contributed by atoms with van der Waals surface area (Å²) < 4.78 is 6.25. The Bertz CT molecular complexity index is 203. The number of quaternary nitrogens is 1. The number of nitrogens with two attached hydrogens (primary N) is 1. The first-order valence-electron chi connectivity index (χ1n) is 6.71. The highest BCUT2D eigenvalue weighted by Gasteiger charge is 2.51. The number of rotatable bonds is 4. The first kappa shape index (κ1) is 10.1. The number of likely N-dealkylation sites (N-methyl/N-ethyl adjacent to an activating group) is 1. The van der Waals surface area contributed by atoms with E-state index >= 15 is 0 Å². The van der Waals surface area contributed by atoms with Crippen molar-refractivity contribution in [3.8, 4) is 0 Å². The fourth-order valence-corrected chi connectivity index (χ4v) is 4.60. The molecule has 15 heavy (non-hydrogen) atoms. The summed E-state index contributed by atoms with van der Waals surface area (Å²) in [5.74, 6) is 3.05. The normalized spacial score (nSPS) is 47.4. The molecule has 4 saturated carbocycles. The minimum atomic E-state index is 0.331. The molecular formula is C13H24NO+. The minimum absolute atomic E-state index is 0.331. The Hall–Kier alpha value is -0.0800. The van der Waals surface area contributed by atoms with Crippen LogP contribution >= 0.6 is 0 Å². The lowest BCUT2D eigenvalue weighted by Crippen LogP contribution is -2.80. The summed E-state index contributed by atoms with van der Waals surface area (Å²) in [6, 6.07) is 0. The molecule has 4 aliphatic carbocycles. The van der Waals surface area contributed by atoms with Gasteiger partial charge in [0.25, 0.3) is 0 Å². The molecule has 0 aromatic heterocycles. The molecule has 0 radical (unpaired) electrons. The van der Waals surface area contributed by atoms with Crippen molar-refractivity contribution in [3.05, 3.63) is 0 Å². The van der Waals surface area contributed by atoms with Crippen molar-refractivity contribution >= 4 is 0 Å². The van der Waals surface area contributed by atoms with Gasteiger partial charge in [0.2, 0.25) is 0 Å². The zero-order valence-electron chi connectivity index (χ0n) is 9.87. The van der Waals surface area contributed by atoms with Gasteiger partial charge >= 0.3 is 0 Å². The van der Waals surface area contributed by atoms with Gasteiger partial charge in [-0.1, -0.05) is 0 Å². The number of hydrogen-bond donors (Lipinski definition) is 1. The quantitative estimate of drug-likeness (QED) is 0.692. The molecule has 2 N–H and O–H groups in total. The van der Waals surface area contributed by atoms with E-state index in [-0.39, 0.29) is 0 Å². The average Bonchev–Trinajstić information content (AvgIpc) is 2.15. The Morgan fingerprint density at radius 3 is 2.07 bits per heavy atom. The molecule has 4 bridgehead atoms. The van der Waals surface area contributed by atoms with Crippen LogP contribution in [0.5, 0.6) is 0 Å². The van der Waals surface area contributed by atoms with Crippen molar-refractivity contribution in [1.29, 1.82) is 0 Å². The van der Waals surface area contributed by atoms with Crippen molar-refractivity contribution in [1.82, 2.24) is 0 Å². The van der Waals surface area contributed by atoms with E-state index < -0.39 is 0 Å². The molecule has 0 unspecified atom stereocenters. The molecular weight excluding hydrogens is 186 g/mol. The molecule has 2 heteroatoms. The molecule has 0 aromatic carbocycles. The van der Waals surface area contributed by atoms with Crippen LogP contribution in [0.3, 0.4) is 0 Å². The Balaban J connectivity index is 1.65. The van der Waals surface area contributed by atoms with Crippen molar-refractivity contribution in [2.24, 2.45) is 17.8 Å². The lowest BCUT2D eigenvalue weighted by Gasteiger charge is -2.56. The van der Waals surface area contributed by atoms with E-state index in [0.717, 1.165) is 30.9 Å². The lowest BCUT2D eigenvalue weighted by atomic mass is 9.54. The maximum atomic E-state index is 6.25. The van der Waals surface area contributed by atoms with Crippen LogP contribution in [0.2, 0.25) is 0 Å². The summed E-state index contributed by atoms with van der Waals surface area (Å²) in [6.07, 6.45) is 8.68. The summed E-state index contributed by atoms with van der Waals surface area (Å²) in [6.45, 7) is 2.09. The molecule has 0 atom stereocenters. The van der Waals surface area contributed by atoms with Crippen molar-refractivity contribution in [2.75, 3.05) is 20.2 Å². The second-order valence-electron chi connectivity index (χ2n) is 6.15. The summed E-state index contributed by atoms with van der Waals surface area (Å²) in [5, 5.41) is 2.22. The van der Waals surface area contributed by atoms with E-state index in [1.807, 2.05) is 0 Å². The third-order valence-electron chi connectivity index (χ3n) is 4.80. The van der Waals surface area contributed by atoms with Gasteiger partial charge in [-0.25, -0.2) is 0 Å². The smallest absolute Gasteiger partial charge is 0.0991 e. The van der Waals surface area contributed by atoms with Gasteiger partial charge in [0.1, 0.15) is 0 Å². The molecule has 0 heterocycles. The third kappa shape index (κ3) is 1.83. The van der Waals surface area contributed by atoms with Crippen LogP contribution in [-0.4, -0.2) is 25.8 Å². The summed E-state index contributed by atoms with van der Waals surface area (Å²) in [5.41, 5.74) is 0.331. The van der Waals surface area contributed by atoms with Gasteiger partial charge in [0.15, 0.2) is 0 Å². The first-order chi connectivity index (χ1) is 7.30. The standard InChI is InChI=1S/C13H23NO/c1-14-2-3-15-13-7-10-4-11(8-13)6-12(5-10)9-13/h10-12,14H,2-9H2,1H3/p+1. The molecule has 0 aromatic rings. The van der Waals surface area contributed by atoms with E-state index in [2.05, 4.69) is 12.4 Å². The highest BCUT2D eigenvalue weighted by molar-refractivity contribution is 5.02. The maximum absolute atomic E-state index is 6.25. The zero-order chi connectivity index (χ0) is 10.3. The molecule has 0 spiro atoms. The van der Waals surface area contributed by atoms with E-state index in [4.69, 9.17) is 4.74 Å². The number of ether oxygens (including phenoxy) is 1. The van der Waals surface area contributed by atoms with Gasteiger partial charge in [-0.15, -0.1) is 0 Å². The Labute approximate surface area is 92.8 Å². The second kappa shape index (κ2) is 3.74. The molecule has 0 amide bonds. The van der Waals surface area contributed by atoms with Crippen molar-refractivity contribution in [3.63, 3.8) is 0 Å². The van der Waals surface area contributed by atoms with Gasteiger partial charge in [0, 0.05) is 0 Å². The summed E-state index contributed by atoms with van der Waals surface area (Å²) >= 11 is 0. The Morgan fingerprint density at radius 2 is 1.60 bits per heavy atom. The SMILES string of the molecule is C[NH2+]CCOC12CC3CC(CC(C3)C1)C2. The van der Waals surface area contributed by atoms with Gasteiger partial charge < -0.3 is 10.1 Å². The van der Waals surface area contributed by atoms with Gasteiger partial charge in [-0.2, -0.15) is 0 Å². The Kier molecular flexibility index (Phi) is 2.52. The number of hydrogen-bond acceptors (Lipinski definition) is 1. The molecule has 4 rings (SSSR count). The van der Waals surface area contributed by atoms with Gasteiger partial charge in [-0.3, -0.25) is 0 Å². The zero-order valence-corrected chi connectivity index (χ0v) is 9.87. The summed E-state index contributed by atoms with van der Waals surface area (Å²) in [4.78, 5) is 0. The Morgan fingerprint density at radius 1 is 1.07 bits per heavy atom. The van der Waals surface area contributed by atoms with E-state index in [0.29, 0.717) is 5.60 Å². The van der Waals surface area contributed by atoms with E-state index in [9.17, 15) is 0 Å². The molecule has 0 aliphatic heterocycles. The fraction of sp³-hybridized carbons (Fsp3) is 1.00. The van der Waals surface area contributed by atoms with Crippen LogP contribution < -0.4 is 5.32 Å². The van der Waals surface area contributed by atoms with E-state index in [1.54, 1.807) is 0 Å². The predicted octanol–water partition coefficient (Wildman–Crippen LogP) is 1.16. The van der Waals surface area contributed by atoms with E-state index in [1.165, 1.54) is 38.5 Å². The topological polar surface area (TPSA) is 25.8 Å².